The van der Waals surface area contributed by atoms with Crippen LogP contribution in [0.4, 0.5) is 11.4 Å². The van der Waals surface area contributed by atoms with Crippen LogP contribution in [0.15, 0.2) is 46.2 Å². The minimum absolute atomic E-state index is 0.0695. The number of ether oxygens (including phenoxy) is 1. The molecule has 0 saturated carbocycles. The minimum atomic E-state index is -1.12. The number of aromatic nitrogens is 1. The fraction of sp³-hybridized carbons (Fsp3) is 0.150. The maximum absolute atomic E-state index is 12.5. The Morgan fingerprint density at radius 3 is 2.26 bits per heavy atom. The van der Waals surface area contributed by atoms with Crippen molar-refractivity contribution in [3.05, 3.63) is 78.3 Å². The Morgan fingerprint density at radius 2 is 1.71 bits per heavy atom. The van der Waals surface area contributed by atoms with Gasteiger partial charge in [0, 0.05) is 18.1 Å². The second kappa shape index (κ2) is 9.15. The second-order valence-electron chi connectivity index (χ2n) is 6.42. The number of rotatable bonds is 8. The number of methoxy groups -OCH3 is 1. The van der Waals surface area contributed by atoms with E-state index >= 15 is 0 Å². The molecule has 1 amide bonds. The maximum Gasteiger partial charge on any atom is 0.305 e. The zero-order chi connectivity index (χ0) is 22.7. The molecule has 1 atom stereocenters. The van der Waals surface area contributed by atoms with Crippen molar-refractivity contribution in [2.24, 2.45) is 0 Å². The fourth-order valence-electron chi connectivity index (χ4n) is 2.92. The number of nitrogens with one attached hydrogen (secondary N) is 2. The minimum Gasteiger partial charge on any atom is -0.491 e. The maximum atomic E-state index is 12.5. The average molecular weight is 464 g/mol. The largest absolute Gasteiger partial charge is 0.491 e. The Bertz CT molecular complexity index is 1200. The van der Waals surface area contributed by atoms with E-state index < -0.39 is 28.8 Å². The van der Waals surface area contributed by atoms with Gasteiger partial charge in [0.05, 0.1) is 35.2 Å². The van der Waals surface area contributed by atoms with Crippen molar-refractivity contribution in [1.29, 1.82) is 0 Å². The number of aliphatic carboxylic acids is 1. The number of carboxylic acids is 1. The number of hydrogen-bond acceptors (Lipinski definition) is 7. The van der Waals surface area contributed by atoms with Gasteiger partial charge in [-0.2, -0.15) is 0 Å². The third-order valence-electron chi connectivity index (χ3n) is 4.42. The molecule has 1 aromatic heterocycles. The summed E-state index contributed by atoms with van der Waals surface area (Å²) in [6, 6.07) is 5.43. The molecule has 0 saturated heterocycles. The normalized spacial score (nSPS) is 11.7. The van der Waals surface area contributed by atoms with Crippen molar-refractivity contribution in [3.8, 4) is 5.75 Å². The molecule has 0 aliphatic heterocycles. The van der Waals surface area contributed by atoms with Gasteiger partial charge in [0.2, 0.25) is 0 Å². The highest BCUT2D eigenvalue weighted by Gasteiger charge is 2.26. The highest BCUT2D eigenvalue weighted by Crippen LogP contribution is 2.28. The Kier molecular flexibility index (Phi) is 6.57. The topological polar surface area (TPSA) is 135 Å². The van der Waals surface area contributed by atoms with Gasteiger partial charge < -0.3 is 20.5 Å². The monoisotopic (exact) mass is 463 g/mol. The molecule has 0 spiro atoms. The standard InChI is InChI=1S/C20H15Cl2N3O6/c1-31-19-16(17(28)18(19)29)25-13(6-14(26)27)9-2-4-10(5-3-9)24-20(30)15-11(21)7-23-8-12(15)22/h2-5,7-8,13,25H,6H2,1H3,(H,24,30)(H,26,27)/t13-/m0/s1. The molecule has 3 aromatic rings. The summed E-state index contributed by atoms with van der Waals surface area (Å²) in [5.74, 6) is -1.80. The van der Waals surface area contributed by atoms with Gasteiger partial charge in [0.25, 0.3) is 16.8 Å². The number of carboxylic acid groups (broad SMARTS) is 1. The summed E-state index contributed by atoms with van der Waals surface area (Å²) in [6.45, 7) is 0. The number of halogens is 2. The highest BCUT2D eigenvalue weighted by molar-refractivity contribution is 6.40. The molecule has 0 fully saturated rings. The number of hydrogen-bond donors (Lipinski definition) is 3. The first kappa shape index (κ1) is 22.3. The van der Waals surface area contributed by atoms with Gasteiger partial charge in [-0.3, -0.25) is 24.2 Å². The summed E-state index contributed by atoms with van der Waals surface area (Å²) in [4.78, 5) is 50.8. The second-order valence-corrected chi connectivity index (χ2v) is 7.23. The predicted molar refractivity (Wildman–Crippen MR) is 115 cm³/mol. The fourth-order valence-corrected chi connectivity index (χ4v) is 3.45. The summed E-state index contributed by atoms with van der Waals surface area (Å²) < 4.78 is 4.87. The number of benzene rings is 1. The number of pyridine rings is 1. The van der Waals surface area contributed by atoms with Crippen molar-refractivity contribution >= 4 is 46.5 Å². The molecule has 11 heteroatoms. The van der Waals surface area contributed by atoms with Gasteiger partial charge in [0.15, 0.2) is 5.75 Å². The number of amides is 1. The molecule has 3 rings (SSSR count). The highest BCUT2D eigenvalue weighted by atomic mass is 35.5. The van der Waals surface area contributed by atoms with Crippen LogP contribution in [0.25, 0.3) is 0 Å². The van der Waals surface area contributed by atoms with Gasteiger partial charge in [-0.05, 0) is 17.7 Å². The van der Waals surface area contributed by atoms with Crippen molar-refractivity contribution in [2.75, 3.05) is 17.7 Å². The van der Waals surface area contributed by atoms with E-state index in [-0.39, 0.29) is 33.5 Å². The zero-order valence-corrected chi connectivity index (χ0v) is 17.5. The lowest BCUT2D eigenvalue weighted by Gasteiger charge is -2.21. The average Bonchev–Trinajstić information content (AvgIpc) is 2.72. The smallest absolute Gasteiger partial charge is 0.305 e. The molecule has 9 nitrogen and oxygen atoms in total. The van der Waals surface area contributed by atoms with Crippen molar-refractivity contribution in [3.63, 3.8) is 0 Å². The molecule has 160 valence electrons. The molecule has 0 aliphatic carbocycles. The van der Waals surface area contributed by atoms with E-state index in [0.717, 1.165) is 0 Å². The van der Waals surface area contributed by atoms with E-state index in [2.05, 4.69) is 15.6 Å². The van der Waals surface area contributed by atoms with E-state index in [1.165, 1.54) is 19.5 Å². The third kappa shape index (κ3) is 4.68. The third-order valence-corrected chi connectivity index (χ3v) is 4.99. The quantitative estimate of drug-likeness (QED) is 0.434. The lowest BCUT2D eigenvalue weighted by atomic mass is 10.0. The summed E-state index contributed by atoms with van der Waals surface area (Å²) in [5.41, 5.74) is -0.639. The predicted octanol–water partition coefficient (Wildman–Crippen LogP) is 2.87. The van der Waals surface area contributed by atoms with Gasteiger partial charge in [-0.15, -0.1) is 0 Å². The molecule has 0 aliphatic rings. The van der Waals surface area contributed by atoms with Crippen LogP contribution in [0.2, 0.25) is 10.0 Å². The summed E-state index contributed by atoms with van der Waals surface area (Å²) in [7, 11) is 1.24. The Labute approximate surface area is 185 Å². The van der Waals surface area contributed by atoms with Gasteiger partial charge in [-0.25, -0.2) is 0 Å². The van der Waals surface area contributed by atoms with E-state index in [0.29, 0.717) is 11.3 Å². The van der Waals surface area contributed by atoms with Crippen molar-refractivity contribution in [2.45, 2.75) is 12.5 Å². The molecule has 1 heterocycles. The van der Waals surface area contributed by atoms with E-state index in [4.69, 9.17) is 27.9 Å². The van der Waals surface area contributed by atoms with Crippen LogP contribution < -0.4 is 26.2 Å². The molecule has 2 aromatic carbocycles. The molecular formula is C20H15Cl2N3O6. The lowest BCUT2D eigenvalue weighted by molar-refractivity contribution is -0.137. The summed E-state index contributed by atoms with van der Waals surface area (Å²) in [5, 5.41) is 14.8. The van der Waals surface area contributed by atoms with Crippen LogP contribution in [0.5, 0.6) is 5.75 Å². The van der Waals surface area contributed by atoms with Gasteiger partial charge in [-0.1, -0.05) is 35.3 Å². The van der Waals surface area contributed by atoms with Gasteiger partial charge >= 0.3 is 5.97 Å². The van der Waals surface area contributed by atoms with Crippen LogP contribution in [-0.4, -0.2) is 29.1 Å². The molecular weight excluding hydrogens is 449 g/mol. The molecule has 0 radical (unpaired) electrons. The first-order chi connectivity index (χ1) is 14.7. The van der Waals surface area contributed by atoms with Crippen LogP contribution in [0.3, 0.4) is 0 Å². The first-order valence-electron chi connectivity index (χ1n) is 8.78. The SMILES string of the molecule is COc1c(N[C@@H](CC(=O)O)c2ccc(NC(=O)c3c(Cl)cncc3Cl)cc2)c(=O)c1=O. The lowest BCUT2D eigenvalue weighted by Crippen LogP contribution is -2.36. The summed E-state index contributed by atoms with van der Waals surface area (Å²) in [6.07, 6.45) is 2.22. The Balaban J connectivity index is 1.80. The zero-order valence-electron chi connectivity index (χ0n) is 15.9. The number of nitrogens with zero attached hydrogens (tertiary/aromatic N) is 1. The van der Waals surface area contributed by atoms with E-state index in [9.17, 15) is 24.3 Å². The molecule has 31 heavy (non-hydrogen) atoms. The summed E-state index contributed by atoms with van der Waals surface area (Å²) >= 11 is 12.0. The van der Waals surface area contributed by atoms with Gasteiger partial charge in [0.1, 0.15) is 5.69 Å². The van der Waals surface area contributed by atoms with Crippen LogP contribution >= 0.6 is 23.2 Å². The van der Waals surface area contributed by atoms with Crippen LogP contribution in [0, 0.1) is 0 Å². The van der Waals surface area contributed by atoms with Crippen molar-refractivity contribution in [1.82, 2.24) is 4.98 Å². The van der Waals surface area contributed by atoms with Crippen LogP contribution in [-0.2, 0) is 4.79 Å². The first-order valence-corrected chi connectivity index (χ1v) is 9.54. The van der Waals surface area contributed by atoms with Crippen molar-refractivity contribution < 1.29 is 19.4 Å². The Hall–Kier alpha value is -3.43. The molecule has 3 N–H and O–H groups in total. The van der Waals surface area contributed by atoms with E-state index in [1.807, 2.05) is 0 Å². The molecule has 0 bridgehead atoms. The number of anilines is 2. The molecule has 0 unspecified atom stereocenters. The van der Waals surface area contributed by atoms with Crippen LogP contribution in [0.1, 0.15) is 28.4 Å². The number of carbonyl (C=O) groups excluding carboxylic acids is 1. The number of carbonyl (C=O) groups is 2. The van der Waals surface area contributed by atoms with E-state index in [1.54, 1.807) is 24.3 Å². The Morgan fingerprint density at radius 1 is 1.10 bits per heavy atom.